The van der Waals surface area contributed by atoms with Gasteiger partial charge < -0.3 is 14.6 Å². The van der Waals surface area contributed by atoms with Crippen LogP contribution >= 0.6 is 0 Å². The molecule has 0 aliphatic heterocycles. The smallest absolute Gasteiger partial charge is 0.302 e. The van der Waals surface area contributed by atoms with E-state index < -0.39 is 6.10 Å². The average molecular weight is 252 g/mol. The third-order valence-electron chi connectivity index (χ3n) is 2.44. The molecule has 4 heteroatoms. The number of hydrogen-bond acceptors (Lipinski definition) is 4. The zero-order valence-electron chi connectivity index (χ0n) is 10.8. The number of carbonyl (C=O) groups is 1. The maximum atomic E-state index is 10.7. The van der Waals surface area contributed by atoms with E-state index in [9.17, 15) is 9.90 Å². The number of ether oxygens (including phenoxy) is 2. The van der Waals surface area contributed by atoms with Crippen LogP contribution in [0.3, 0.4) is 0 Å². The molecule has 0 aliphatic rings. The van der Waals surface area contributed by atoms with E-state index in [4.69, 9.17) is 9.47 Å². The van der Waals surface area contributed by atoms with Crippen molar-refractivity contribution in [2.75, 3.05) is 13.2 Å². The summed E-state index contributed by atoms with van der Waals surface area (Å²) in [7, 11) is 0. The molecule has 1 N–H and O–H groups in total. The second-order valence-electron chi connectivity index (χ2n) is 4.21. The largest absolute Gasteiger partial charge is 0.460 e. The third-order valence-corrected chi connectivity index (χ3v) is 2.44. The molecule has 1 rings (SSSR count). The molecule has 0 aliphatic carbocycles. The normalized spacial score (nSPS) is 13.9. The Morgan fingerprint density at radius 2 is 2.00 bits per heavy atom. The van der Waals surface area contributed by atoms with Gasteiger partial charge in [-0.25, -0.2) is 0 Å². The molecule has 4 nitrogen and oxygen atoms in total. The minimum atomic E-state index is -0.518. The lowest BCUT2D eigenvalue weighted by molar-refractivity contribution is -0.148. The summed E-state index contributed by atoms with van der Waals surface area (Å²) in [5.41, 5.74) is 0.883. The molecule has 0 aromatic heterocycles. The number of aliphatic hydroxyl groups excluding tert-OH is 1. The summed E-state index contributed by atoms with van der Waals surface area (Å²) in [5.74, 6) is -0.310. The second-order valence-corrected chi connectivity index (χ2v) is 4.21. The highest BCUT2D eigenvalue weighted by atomic mass is 16.6. The van der Waals surface area contributed by atoms with Crippen LogP contribution in [0.1, 0.15) is 31.9 Å². The standard InChI is InChI=1S/C14H20O4/c1-11(18-12(2)15)10-17-9-8-14(16)13-6-4-3-5-7-13/h3-7,11,14,16H,8-10H2,1-2H3. The molecule has 100 valence electrons. The Morgan fingerprint density at radius 1 is 1.33 bits per heavy atom. The molecule has 2 unspecified atom stereocenters. The predicted molar refractivity (Wildman–Crippen MR) is 68.1 cm³/mol. The van der Waals surface area contributed by atoms with Crippen molar-refractivity contribution in [3.05, 3.63) is 35.9 Å². The van der Waals surface area contributed by atoms with Gasteiger partial charge in [-0.3, -0.25) is 4.79 Å². The third kappa shape index (κ3) is 5.80. The van der Waals surface area contributed by atoms with E-state index in [1.165, 1.54) is 6.92 Å². The summed E-state index contributed by atoms with van der Waals surface area (Å²) >= 11 is 0. The summed E-state index contributed by atoms with van der Waals surface area (Å²) in [6.07, 6.45) is -0.247. The van der Waals surface area contributed by atoms with Crippen molar-refractivity contribution in [3.63, 3.8) is 0 Å². The molecule has 0 radical (unpaired) electrons. The van der Waals surface area contributed by atoms with Crippen molar-refractivity contribution in [1.29, 1.82) is 0 Å². The zero-order valence-corrected chi connectivity index (χ0v) is 10.8. The Hall–Kier alpha value is -1.39. The first-order chi connectivity index (χ1) is 8.59. The summed E-state index contributed by atoms with van der Waals surface area (Å²) in [6.45, 7) is 3.92. The van der Waals surface area contributed by atoms with E-state index in [0.29, 0.717) is 19.6 Å². The first kappa shape index (κ1) is 14.7. The van der Waals surface area contributed by atoms with Crippen LogP contribution in [0.2, 0.25) is 0 Å². The van der Waals surface area contributed by atoms with Crippen LogP contribution in [0.5, 0.6) is 0 Å². The van der Waals surface area contributed by atoms with E-state index >= 15 is 0 Å². The molecule has 0 heterocycles. The van der Waals surface area contributed by atoms with Crippen LogP contribution in [-0.2, 0) is 14.3 Å². The van der Waals surface area contributed by atoms with Crippen molar-refractivity contribution in [2.45, 2.75) is 32.5 Å². The van der Waals surface area contributed by atoms with Gasteiger partial charge in [0.2, 0.25) is 0 Å². The summed E-state index contributed by atoms with van der Waals surface area (Å²) in [4.78, 5) is 10.7. The fourth-order valence-corrected chi connectivity index (χ4v) is 1.60. The number of esters is 1. The highest BCUT2D eigenvalue weighted by Gasteiger charge is 2.08. The quantitative estimate of drug-likeness (QED) is 0.596. The molecule has 1 aromatic carbocycles. The number of hydrogen-bond donors (Lipinski definition) is 1. The van der Waals surface area contributed by atoms with Gasteiger partial charge in [0.25, 0.3) is 0 Å². The van der Waals surface area contributed by atoms with Crippen LogP contribution in [0.15, 0.2) is 30.3 Å². The molecule has 18 heavy (non-hydrogen) atoms. The molecule has 0 spiro atoms. The van der Waals surface area contributed by atoms with Crippen molar-refractivity contribution in [1.82, 2.24) is 0 Å². The SMILES string of the molecule is CC(=O)OC(C)COCCC(O)c1ccccc1. The molecule has 0 amide bonds. The van der Waals surface area contributed by atoms with Crippen molar-refractivity contribution in [2.24, 2.45) is 0 Å². The summed E-state index contributed by atoms with van der Waals surface area (Å²) in [5, 5.41) is 9.87. The van der Waals surface area contributed by atoms with Gasteiger partial charge in [-0.15, -0.1) is 0 Å². The van der Waals surface area contributed by atoms with Crippen molar-refractivity contribution in [3.8, 4) is 0 Å². The minimum Gasteiger partial charge on any atom is -0.460 e. The fraction of sp³-hybridized carbons (Fsp3) is 0.500. The number of benzene rings is 1. The second kappa shape index (κ2) is 7.84. The van der Waals surface area contributed by atoms with Crippen molar-refractivity contribution < 1.29 is 19.4 Å². The topological polar surface area (TPSA) is 55.8 Å². The molecule has 2 atom stereocenters. The van der Waals surface area contributed by atoms with Crippen LogP contribution in [0, 0.1) is 0 Å². The number of carbonyl (C=O) groups excluding carboxylic acids is 1. The van der Waals surface area contributed by atoms with Gasteiger partial charge in [0.1, 0.15) is 6.10 Å². The molecule has 0 saturated heterocycles. The molecule has 0 fully saturated rings. The minimum absolute atomic E-state index is 0.253. The molecular weight excluding hydrogens is 232 g/mol. The van der Waals surface area contributed by atoms with Gasteiger partial charge in [-0.05, 0) is 12.5 Å². The van der Waals surface area contributed by atoms with Gasteiger partial charge in [-0.1, -0.05) is 30.3 Å². The maximum Gasteiger partial charge on any atom is 0.302 e. The lowest BCUT2D eigenvalue weighted by Crippen LogP contribution is -2.19. The molecular formula is C14H20O4. The average Bonchev–Trinajstić information content (AvgIpc) is 2.34. The van der Waals surface area contributed by atoms with E-state index in [0.717, 1.165) is 5.56 Å². The monoisotopic (exact) mass is 252 g/mol. The fourth-order valence-electron chi connectivity index (χ4n) is 1.60. The Bertz CT molecular complexity index is 350. The van der Waals surface area contributed by atoms with Gasteiger partial charge in [0.05, 0.1) is 12.7 Å². The zero-order chi connectivity index (χ0) is 13.4. The summed E-state index contributed by atoms with van der Waals surface area (Å²) < 4.78 is 10.3. The maximum absolute atomic E-state index is 10.7. The highest BCUT2D eigenvalue weighted by molar-refractivity contribution is 5.66. The first-order valence-electron chi connectivity index (χ1n) is 6.07. The van der Waals surface area contributed by atoms with Crippen LogP contribution in [0.4, 0.5) is 0 Å². The molecule has 0 bridgehead atoms. The first-order valence-corrected chi connectivity index (χ1v) is 6.07. The Morgan fingerprint density at radius 3 is 2.61 bits per heavy atom. The van der Waals surface area contributed by atoms with Gasteiger partial charge in [0, 0.05) is 20.0 Å². The highest BCUT2D eigenvalue weighted by Crippen LogP contribution is 2.15. The van der Waals surface area contributed by atoms with E-state index in [1.807, 2.05) is 30.3 Å². The Balaban J connectivity index is 2.16. The van der Waals surface area contributed by atoms with Crippen LogP contribution in [-0.4, -0.2) is 30.4 Å². The van der Waals surface area contributed by atoms with Gasteiger partial charge in [0.15, 0.2) is 0 Å². The van der Waals surface area contributed by atoms with Crippen LogP contribution < -0.4 is 0 Å². The van der Waals surface area contributed by atoms with E-state index in [1.54, 1.807) is 6.92 Å². The van der Waals surface area contributed by atoms with E-state index in [-0.39, 0.29) is 12.1 Å². The van der Waals surface area contributed by atoms with Gasteiger partial charge in [-0.2, -0.15) is 0 Å². The molecule has 0 saturated carbocycles. The Labute approximate surface area is 108 Å². The number of rotatable bonds is 7. The summed E-state index contributed by atoms with van der Waals surface area (Å²) in [6, 6.07) is 9.45. The van der Waals surface area contributed by atoms with Crippen LogP contribution in [0.25, 0.3) is 0 Å². The predicted octanol–water partition coefficient (Wildman–Crippen LogP) is 2.08. The van der Waals surface area contributed by atoms with Crippen molar-refractivity contribution >= 4 is 5.97 Å². The van der Waals surface area contributed by atoms with Gasteiger partial charge >= 0.3 is 5.97 Å². The number of aliphatic hydroxyl groups is 1. The Kier molecular flexibility index (Phi) is 6.39. The van der Waals surface area contributed by atoms with E-state index in [2.05, 4.69) is 0 Å². The molecule has 1 aromatic rings. The lowest BCUT2D eigenvalue weighted by Gasteiger charge is -2.14. The lowest BCUT2D eigenvalue weighted by atomic mass is 10.1.